The van der Waals surface area contributed by atoms with Gasteiger partial charge < -0.3 is 20.7 Å². The minimum Gasteiger partial charge on any atom is -0.496 e. The maximum absolute atomic E-state index is 13.5. The monoisotopic (exact) mass is 662 g/mol. The van der Waals surface area contributed by atoms with E-state index < -0.39 is 11.8 Å². The van der Waals surface area contributed by atoms with Crippen LogP contribution >= 0.6 is 23.1 Å². The Balaban J connectivity index is 1.24. The van der Waals surface area contributed by atoms with Crippen molar-refractivity contribution >= 4 is 57.7 Å². The molecule has 0 aliphatic carbocycles. The van der Waals surface area contributed by atoms with Crippen molar-refractivity contribution < 1.29 is 19.1 Å². The highest BCUT2D eigenvalue weighted by atomic mass is 32.2. The summed E-state index contributed by atoms with van der Waals surface area (Å²) in [5, 5.41) is 10.9. The molecular weight excluding hydrogens is 629 g/mol. The number of hydrogen-bond donors (Lipinski definition) is 3. The highest BCUT2D eigenvalue weighted by Gasteiger charge is 2.16. The molecule has 4 aromatic carbocycles. The highest BCUT2D eigenvalue weighted by molar-refractivity contribution is 8.00. The van der Waals surface area contributed by atoms with E-state index in [1.165, 1.54) is 28.7 Å². The summed E-state index contributed by atoms with van der Waals surface area (Å²) in [4.78, 5) is 44.6. The fourth-order valence-corrected chi connectivity index (χ4v) is 6.05. The summed E-state index contributed by atoms with van der Waals surface area (Å²) < 4.78 is 5.42. The van der Waals surface area contributed by atoms with Gasteiger partial charge in [0.25, 0.3) is 11.8 Å². The molecule has 0 saturated carbocycles. The van der Waals surface area contributed by atoms with E-state index in [4.69, 9.17) is 4.74 Å². The third-order valence-electron chi connectivity index (χ3n) is 7.04. The summed E-state index contributed by atoms with van der Waals surface area (Å²) >= 11 is 2.67. The lowest BCUT2D eigenvalue weighted by Crippen LogP contribution is -2.30. The molecule has 8 nitrogen and oxygen atoms in total. The van der Waals surface area contributed by atoms with E-state index in [0.29, 0.717) is 28.0 Å². The Kier molecular flexibility index (Phi) is 11.2. The van der Waals surface area contributed by atoms with Crippen LogP contribution in [0.1, 0.15) is 41.3 Å². The Morgan fingerprint density at radius 1 is 0.894 bits per heavy atom. The minimum atomic E-state index is -0.475. The number of benzene rings is 4. The first kappa shape index (κ1) is 33.2. The van der Waals surface area contributed by atoms with Crippen LogP contribution in [0.15, 0.2) is 119 Å². The van der Waals surface area contributed by atoms with Crippen LogP contribution in [0.4, 0.5) is 10.8 Å². The molecule has 0 spiro atoms. The summed E-state index contributed by atoms with van der Waals surface area (Å²) in [6.45, 7) is 4.23. The van der Waals surface area contributed by atoms with Gasteiger partial charge in [-0.05, 0) is 65.6 Å². The van der Waals surface area contributed by atoms with Gasteiger partial charge >= 0.3 is 0 Å². The minimum absolute atomic E-state index is 0.101. The van der Waals surface area contributed by atoms with Gasteiger partial charge in [0.05, 0.1) is 18.6 Å². The summed E-state index contributed by atoms with van der Waals surface area (Å²) in [5.74, 6) is 0.149. The summed E-state index contributed by atoms with van der Waals surface area (Å²) in [6, 6.07) is 31.4. The van der Waals surface area contributed by atoms with E-state index in [1.54, 1.807) is 55.7 Å². The number of thioether (sulfide) groups is 1. The fourth-order valence-electron chi connectivity index (χ4n) is 4.56. The number of hydrogen-bond acceptors (Lipinski definition) is 7. The van der Waals surface area contributed by atoms with Crippen molar-refractivity contribution in [3.8, 4) is 17.0 Å². The first-order valence-electron chi connectivity index (χ1n) is 14.9. The third kappa shape index (κ3) is 9.18. The van der Waals surface area contributed by atoms with Crippen LogP contribution < -0.4 is 20.7 Å². The number of aromatic nitrogens is 1. The molecule has 5 aromatic rings. The SMILES string of the molecule is COc1ccccc1-c1csc(NC(=O)CSc2cccc(NC(=O)/C(=C\c3ccc(C(C)C)cc3)NC(=O)c3ccccc3)c2)n1. The molecule has 1 heterocycles. The predicted octanol–water partition coefficient (Wildman–Crippen LogP) is 8.08. The maximum Gasteiger partial charge on any atom is 0.272 e. The van der Waals surface area contributed by atoms with E-state index in [1.807, 2.05) is 66.0 Å². The van der Waals surface area contributed by atoms with Gasteiger partial charge in [-0.25, -0.2) is 4.98 Å². The molecule has 0 aliphatic heterocycles. The summed E-state index contributed by atoms with van der Waals surface area (Å²) in [6.07, 6.45) is 1.65. The Morgan fingerprint density at radius 3 is 2.38 bits per heavy atom. The first-order chi connectivity index (χ1) is 22.8. The number of para-hydroxylation sites is 1. The fraction of sp³-hybridized carbons (Fsp3) is 0.135. The quantitative estimate of drug-likeness (QED) is 0.0921. The summed E-state index contributed by atoms with van der Waals surface area (Å²) in [7, 11) is 1.61. The number of carbonyl (C=O) groups is 3. The number of ether oxygens (including phenoxy) is 1. The molecule has 0 radical (unpaired) electrons. The second-order valence-corrected chi connectivity index (χ2v) is 12.7. The lowest BCUT2D eigenvalue weighted by molar-refractivity contribution is -0.114. The number of methoxy groups -OCH3 is 1. The van der Waals surface area contributed by atoms with Crippen LogP contribution in [0.25, 0.3) is 17.3 Å². The van der Waals surface area contributed by atoms with Gasteiger partial charge in [-0.2, -0.15) is 0 Å². The summed E-state index contributed by atoms with van der Waals surface area (Å²) in [5.41, 5.74) is 4.58. The van der Waals surface area contributed by atoms with E-state index in [-0.39, 0.29) is 17.4 Å². The highest BCUT2D eigenvalue weighted by Crippen LogP contribution is 2.32. The van der Waals surface area contributed by atoms with Crippen molar-refractivity contribution in [2.24, 2.45) is 0 Å². The van der Waals surface area contributed by atoms with Crippen LogP contribution in [-0.4, -0.2) is 35.6 Å². The zero-order valence-corrected chi connectivity index (χ0v) is 27.8. The Morgan fingerprint density at radius 2 is 1.64 bits per heavy atom. The van der Waals surface area contributed by atoms with Crippen molar-refractivity contribution in [2.75, 3.05) is 23.5 Å². The number of anilines is 2. The van der Waals surface area contributed by atoms with Crippen molar-refractivity contribution in [2.45, 2.75) is 24.7 Å². The molecule has 47 heavy (non-hydrogen) atoms. The van der Waals surface area contributed by atoms with Crippen molar-refractivity contribution in [3.05, 3.63) is 131 Å². The van der Waals surface area contributed by atoms with E-state index in [9.17, 15) is 14.4 Å². The standard InChI is InChI=1S/C37H34N4O4S2/c1-24(2)26-18-16-25(17-19-26)20-31(39-35(43)27-10-5-4-6-11-27)36(44)38-28-12-9-13-29(21-28)46-23-34(42)41-37-40-32(22-47-37)30-14-7-8-15-33(30)45-3/h4-22,24H,23H2,1-3H3,(H,38,44)(H,39,43)(H,40,41,42)/b31-20+. The smallest absolute Gasteiger partial charge is 0.272 e. The van der Waals surface area contributed by atoms with Gasteiger partial charge in [-0.15, -0.1) is 23.1 Å². The average molecular weight is 663 g/mol. The van der Waals surface area contributed by atoms with Crippen LogP contribution in [0.3, 0.4) is 0 Å². The van der Waals surface area contributed by atoms with Crippen LogP contribution in [-0.2, 0) is 9.59 Å². The van der Waals surface area contributed by atoms with Gasteiger partial charge in [-0.3, -0.25) is 14.4 Å². The predicted molar refractivity (Wildman–Crippen MR) is 191 cm³/mol. The molecule has 3 amide bonds. The topological polar surface area (TPSA) is 109 Å². The van der Waals surface area contributed by atoms with E-state index >= 15 is 0 Å². The molecule has 5 rings (SSSR count). The molecule has 0 bridgehead atoms. The number of nitrogens with one attached hydrogen (secondary N) is 3. The van der Waals surface area contributed by atoms with Gasteiger partial charge in [0.2, 0.25) is 5.91 Å². The van der Waals surface area contributed by atoms with Gasteiger partial charge in [0.15, 0.2) is 5.13 Å². The molecule has 0 fully saturated rings. The number of nitrogens with zero attached hydrogens (tertiary/aromatic N) is 1. The van der Waals surface area contributed by atoms with Crippen molar-refractivity contribution in [1.29, 1.82) is 0 Å². The first-order valence-corrected chi connectivity index (χ1v) is 16.8. The number of amides is 3. The lowest BCUT2D eigenvalue weighted by Gasteiger charge is -2.12. The Bertz CT molecular complexity index is 1890. The van der Waals surface area contributed by atoms with Crippen LogP contribution in [0, 0.1) is 0 Å². The Labute approximate surface area is 282 Å². The van der Waals surface area contributed by atoms with Crippen molar-refractivity contribution in [1.82, 2.24) is 10.3 Å². The maximum atomic E-state index is 13.5. The number of thiazole rings is 1. The van der Waals surface area contributed by atoms with Crippen LogP contribution in [0.2, 0.25) is 0 Å². The molecule has 0 atom stereocenters. The van der Waals surface area contributed by atoms with Crippen LogP contribution in [0.5, 0.6) is 5.75 Å². The molecule has 1 aromatic heterocycles. The molecule has 10 heteroatoms. The molecule has 238 valence electrons. The third-order valence-corrected chi connectivity index (χ3v) is 8.79. The van der Waals surface area contributed by atoms with E-state index in [2.05, 4.69) is 34.8 Å². The van der Waals surface area contributed by atoms with Crippen molar-refractivity contribution in [3.63, 3.8) is 0 Å². The zero-order chi connectivity index (χ0) is 33.2. The zero-order valence-electron chi connectivity index (χ0n) is 26.2. The van der Waals surface area contributed by atoms with E-state index in [0.717, 1.165) is 21.7 Å². The largest absolute Gasteiger partial charge is 0.496 e. The number of carbonyl (C=O) groups excluding carboxylic acids is 3. The second kappa shape index (κ2) is 15.9. The second-order valence-electron chi connectivity index (χ2n) is 10.8. The van der Waals surface area contributed by atoms with Gasteiger partial charge in [0.1, 0.15) is 11.4 Å². The molecule has 0 aliphatic rings. The molecule has 0 unspecified atom stereocenters. The Hall–Kier alpha value is -5.19. The van der Waals surface area contributed by atoms with Gasteiger partial charge in [-0.1, -0.05) is 74.5 Å². The van der Waals surface area contributed by atoms with Gasteiger partial charge in [0, 0.05) is 27.1 Å². The molecular formula is C37H34N4O4S2. The lowest BCUT2D eigenvalue weighted by atomic mass is 10.0. The molecule has 3 N–H and O–H groups in total. The number of rotatable bonds is 12. The normalized spacial score (nSPS) is 11.2. The molecule has 0 saturated heterocycles. The average Bonchev–Trinajstić information content (AvgIpc) is 3.55.